The van der Waals surface area contributed by atoms with Gasteiger partial charge in [0.15, 0.2) is 0 Å². The largest absolute Gasteiger partial charge is 0.495 e. The highest BCUT2D eigenvalue weighted by atomic mass is 79.9. The summed E-state index contributed by atoms with van der Waals surface area (Å²) in [4.78, 5) is 22.5. The molecule has 8 nitrogen and oxygen atoms in total. The monoisotopic (exact) mass is 576 g/mol. The van der Waals surface area contributed by atoms with Gasteiger partial charge in [0.05, 0.1) is 31.0 Å². The van der Waals surface area contributed by atoms with Crippen molar-refractivity contribution in [2.45, 2.75) is 32.0 Å². The van der Waals surface area contributed by atoms with Crippen LogP contribution in [0.15, 0.2) is 63.5 Å². The number of carbonyl (C=O) groups is 1. The molecule has 1 atom stereocenters. The maximum atomic E-state index is 13.4. The van der Waals surface area contributed by atoms with Crippen molar-refractivity contribution in [2.24, 2.45) is 15.9 Å². The first kappa shape index (κ1) is 26.4. The Morgan fingerprint density at radius 3 is 2.73 bits per heavy atom. The van der Waals surface area contributed by atoms with E-state index in [1.54, 1.807) is 41.2 Å². The van der Waals surface area contributed by atoms with E-state index in [2.05, 4.69) is 31.0 Å². The number of hydrazone groups is 1. The lowest BCUT2D eigenvalue weighted by atomic mass is 10.1. The second kappa shape index (κ2) is 10.8. The Hall–Kier alpha value is -3.67. The summed E-state index contributed by atoms with van der Waals surface area (Å²) >= 11 is 3.39. The van der Waals surface area contributed by atoms with Gasteiger partial charge in [-0.25, -0.2) is 4.98 Å². The number of nitrogens with two attached hydrogens (primary N) is 1. The quantitative estimate of drug-likeness (QED) is 0.263. The highest BCUT2D eigenvalue weighted by Crippen LogP contribution is 2.35. The third kappa shape index (κ3) is 5.85. The summed E-state index contributed by atoms with van der Waals surface area (Å²) < 4.78 is 48.1. The zero-order valence-electron chi connectivity index (χ0n) is 20.0. The van der Waals surface area contributed by atoms with Crippen molar-refractivity contribution < 1.29 is 22.7 Å². The first-order valence-corrected chi connectivity index (χ1v) is 12.1. The molecule has 0 saturated carbocycles. The highest BCUT2D eigenvalue weighted by Gasteiger charge is 2.38. The van der Waals surface area contributed by atoms with E-state index in [1.165, 1.54) is 19.4 Å². The number of alkyl halides is 3. The number of amides is 1. The maximum absolute atomic E-state index is 13.4. The molecule has 3 aromatic rings. The van der Waals surface area contributed by atoms with Gasteiger partial charge in [0, 0.05) is 21.9 Å². The lowest BCUT2D eigenvalue weighted by molar-refractivity contribution is -0.133. The normalized spacial score (nSPS) is 16.7. The third-order valence-corrected chi connectivity index (χ3v) is 6.67. The van der Waals surface area contributed by atoms with Crippen LogP contribution < -0.4 is 15.5 Å². The number of aryl methyl sites for hydroxylation is 1. The molecule has 1 amide bonds. The Kier molecular flexibility index (Phi) is 7.67. The van der Waals surface area contributed by atoms with E-state index < -0.39 is 24.7 Å². The molecule has 12 heteroatoms. The van der Waals surface area contributed by atoms with Gasteiger partial charge in [0.25, 0.3) is 5.91 Å². The molecule has 0 spiro atoms. The zero-order valence-corrected chi connectivity index (χ0v) is 21.6. The van der Waals surface area contributed by atoms with Crippen LogP contribution in [-0.2, 0) is 11.2 Å². The number of halogens is 4. The summed E-state index contributed by atoms with van der Waals surface area (Å²) in [6.07, 6.45) is 0.823. The number of carbonyl (C=O) groups excluding carboxylic acids is 1. The van der Waals surface area contributed by atoms with E-state index >= 15 is 0 Å². The SMILES string of the molecule is COc1cc(C(C=NC2CCc3c(Br)cccc3N(CC(F)(F)F)C2=O)=NN)ccc1-n1cnc(C)c1. The van der Waals surface area contributed by atoms with Crippen LogP contribution in [0.3, 0.4) is 0 Å². The lowest BCUT2D eigenvalue weighted by Crippen LogP contribution is -2.43. The molecule has 2 heterocycles. The zero-order chi connectivity index (χ0) is 26.7. The van der Waals surface area contributed by atoms with Gasteiger partial charge in [0.2, 0.25) is 0 Å². The van der Waals surface area contributed by atoms with Gasteiger partial charge >= 0.3 is 6.18 Å². The minimum atomic E-state index is -4.58. The maximum Gasteiger partial charge on any atom is 0.406 e. The Bertz CT molecular complexity index is 1370. The molecule has 1 aromatic heterocycles. The van der Waals surface area contributed by atoms with Gasteiger partial charge < -0.3 is 20.0 Å². The van der Waals surface area contributed by atoms with Crippen molar-refractivity contribution >= 4 is 39.5 Å². The fraction of sp³-hybridized carbons (Fsp3) is 0.280. The second-order valence-electron chi connectivity index (χ2n) is 8.43. The molecule has 4 rings (SSSR count). The first-order chi connectivity index (χ1) is 17.6. The predicted molar refractivity (Wildman–Crippen MR) is 139 cm³/mol. The van der Waals surface area contributed by atoms with Crippen LogP contribution in [0.25, 0.3) is 5.69 Å². The molecule has 0 aliphatic carbocycles. The molecule has 1 aliphatic heterocycles. The molecule has 194 valence electrons. The summed E-state index contributed by atoms with van der Waals surface area (Å²) in [5.74, 6) is 5.39. The van der Waals surface area contributed by atoms with E-state index in [-0.39, 0.29) is 17.8 Å². The van der Waals surface area contributed by atoms with Crippen molar-refractivity contribution in [1.82, 2.24) is 9.55 Å². The number of nitrogens with zero attached hydrogens (tertiary/aromatic N) is 5. The van der Waals surface area contributed by atoms with E-state index in [4.69, 9.17) is 10.6 Å². The van der Waals surface area contributed by atoms with Crippen LogP contribution in [0.5, 0.6) is 5.75 Å². The average molecular weight is 577 g/mol. The van der Waals surface area contributed by atoms with E-state index in [9.17, 15) is 18.0 Å². The Balaban J connectivity index is 1.63. The van der Waals surface area contributed by atoms with Crippen molar-refractivity contribution in [3.63, 3.8) is 0 Å². The molecular formula is C25H24BrF3N6O2. The highest BCUT2D eigenvalue weighted by molar-refractivity contribution is 9.10. The van der Waals surface area contributed by atoms with E-state index in [0.717, 1.165) is 16.3 Å². The number of benzene rings is 2. The van der Waals surface area contributed by atoms with Crippen LogP contribution >= 0.6 is 15.9 Å². The van der Waals surface area contributed by atoms with E-state index in [0.29, 0.717) is 27.8 Å². The fourth-order valence-electron chi connectivity index (χ4n) is 4.18. The summed E-state index contributed by atoms with van der Waals surface area (Å²) in [5, 5.41) is 3.79. The molecule has 37 heavy (non-hydrogen) atoms. The second-order valence-corrected chi connectivity index (χ2v) is 9.29. The molecule has 0 fully saturated rings. The summed E-state index contributed by atoms with van der Waals surface area (Å²) in [6, 6.07) is 9.06. The Morgan fingerprint density at radius 1 is 1.30 bits per heavy atom. The van der Waals surface area contributed by atoms with Crippen molar-refractivity contribution in [3.8, 4) is 11.4 Å². The first-order valence-electron chi connectivity index (χ1n) is 11.3. The van der Waals surface area contributed by atoms with Gasteiger partial charge in [0.1, 0.15) is 24.0 Å². The van der Waals surface area contributed by atoms with Gasteiger partial charge in [-0.2, -0.15) is 18.3 Å². The summed E-state index contributed by atoms with van der Waals surface area (Å²) in [5.41, 5.74) is 3.22. The molecule has 1 aliphatic rings. The van der Waals surface area contributed by atoms with Crippen molar-refractivity contribution in [3.05, 3.63) is 70.2 Å². The molecule has 0 radical (unpaired) electrons. The van der Waals surface area contributed by atoms with Crippen LogP contribution in [0.4, 0.5) is 18.9 Å². The number of hydrogen-bond acceptors (Lipinski definition) is 6. The number of anilines is 1. The Morgan fingerprint density at radius 2 is 2.08 bits per heavy atom. The smallest absolute Gasteiger partial charge is 0.406 e. The molecule has 0 bridgehead atoms. The van der Waals surface area contributed by atoms with E-state index in [1.807, 2.05) is 13.1 Å². The van der Waals surface area contributed by atoms with Crippen molar-refractivity contribution in [1.29, 1.82) is 0 Å². The molecule has 0 saturated heterocycles. The van der Waals surface area contributed by atoms with Gasteiger partial charge in [-0.15, -0.1) is 0 Å². The number of ether oxygens (including phenoxy) is 1. The van der Waals surface area contributed by atoms with Gasteiger partial charge in [-0.1, -0.05) is 28.1 Å². The molecule has 2 N–H and O–H groups in total. The number of methoxy groups -OCH3 is 1. The number of fused-ring (bicyclic) bond motifs is 1. The topological polar surface area (TPSA) is 98.1 Å². The standard InChI is InChI=1S/C25H24BrF3N6O2/c1-15-12-34(14-32-15)22-9-6-16(10-23(22)37-2)20(33-30)11-31-19-8-7-17-18(26)4-3-5-21(17)35(24(19)36)13-25(27,28)29/h3-6,9-12,14,19H,7-8,13,30H2,1-2H3. The summed E-state index contributed by atoms with van der Waals surface area (Å²) in [6.45, 7) is 0.459. The number of aromatic nitrogens is 2. The minimum absolute atomic E-state index is 0.220. The van der Waals surface area contributed by atoms with Gasteiger partial charge in [-0.05, 0) is 49.6 Å². The number of imidazole rings is 1. The van der Waals surface area contributed by atoms with Crippen LogP contribution in [0, 0.1) is 6.92 Å². The predicted octanol–water partition coefficient (Wildman–Crippen LogP) is 4.60. The van der Waals surface area contributed by atoms with Crippen LogP contribution in [0.1, 0.15) is 23.2 Å². The number of aliphatic imine (C=N–C) groups is 1. The fourth-order valence-corrected chi connectivity index (χ4v) is 4.73. The minimum Gasteiger partial charge on any atom is -0.495 e. The number of rotatable bonds is 6. The molecule has 2 aromatic carbocycles. The van der Waals surface area contributed by atoms with Crippen LogP contribution in [-0.4, -0.2) is 53.3 Å². The van der Waals surface area contributed by atoms with Crippen LogP contribution in [0.2, 0.25) is 0 Å². The van der Waals surface area contributed by atoms with Gasteiger partial charge in [-0.3, -0.25) is 9.79 Å². The lowest BCUT2D eigenvalue weighted by Gasteiger charge is -2.26. The summed E-state index contributed by atoms with van der Waals surface area (Å²) in [7, 11) is 1.52. The van der Waals surface area contributed by atoms with Crippen molar-refractivity contribution in [2.75, 3.05) is 18.6 Å². The molecular weight excluding hydrogens is 553 g/mol. The third-order valence-electron chi connectivity index (χ3n) is 5.92. The average Bonchev–Trinajstić information content (AvgIpc) is 3.24. The Labute approximate surface area is 219 Å². The molecule has 1 unspecified atom stereocenters. The number of hydrogen-bond donors (Lipinski definition) is 1.